The van der Waals surface area contributed by atoms with Crippen LogP contribution in [0.1, 0.15) is 25.5 Å². The Morgan fingerprint density at radius 2 is 2.19 bits per heavy atom. The number of hydrogen-bond donors (Lipinski definition) is 1. The summed E-state index contributed by atoms with van der Waals surface area (Å²) in [6.45, 7) is 4.44. The fourth-order valence-electron chi connectivity index (χ4n) is 2.40. The molecular weight excluding hydrogens is 270 g/mol. The van der Waals surface area contributed by atoms with Gasteiger partial charge in [0, 0.05) is 31.7 Å². The van der Waals surface area contributed by atoms with Crippen LogP contribution < -0.4 is 10.1 Å². The zero-order valence-corrected chi connectivity index (χ0v) is 12.7. The van der Waals surface area contributed by atoms with Gasteiger partial charge in [-0.05, 0) is 25.8 Å². The van der Waals surface area contributed by atoms with Crippen molar-refractivity contribution in [2.45, 2.75) is 32.4 Å². The summed E-state index contributed by atoms with van der Waals surface area (Å²) in [5.74, 6) is 0.631. The van der Waals surface area contributed by atoms with Gasteiger partial charge < -0.3 is 19.7 Å². The second kappa shape index (κ2) is 7.83. The van der Waals surface area contributed by atoms with Gasteiger partial charge in [-0.25, -0.2) is 9.78 Å². The molecule has 21 heavy (non-hydrogen) atoms. The number of rotatable bonds is 5. The van der Waals surface area contributed by atoms with Gasteiger partial charge in [0.15, 0.2) is 0 Å². The van der Waals surface area contributed by atoms with E-state index in [1.54, 1.807) is 12.0 Å². The smallest absolute Gasteiger partial charge is 0.409 e. The molecule has 0 aliphatic carbocycles. The summed E-state index contributed by atoms with van der Waals surface area (Å²) in [6.07, 6.45) is 1.66. The first kappa shape index (κ1) is 15.6. The van der Waals surface area contributed by atoms with Crippen LogP contribution in [-0.4, -0.2) is 48.8 Å². The minimum absolute atomic E-state index is 0.203. The van der Waals surface area contributed by atoms with Crippen molar-refractivity contribution in [3.8, 4) is 5.88 Å². The molecule has 1 N–H and O–H groups in total. The quantitative estimate of drug-likeness (QED) is 0.897. The van der Waals surface area contributed by atoms with Gasteiger partial charge in [0.05, 0.1) is 19.4 Å². The Morgan fingerprint density at radius 3 is 2.86 bits per heavy atom. The minimum Gasteiger partial charge on any atom is -0.481 e. The summed E-state index contributed by atoms with van der Waals surface area (Å²) in [4.78, 5) is 17.8. The Labute approximate surface area is 125 Å². The molecule has 0 saturated carbocycles. The molecule has 1 aromatic heterocycles. The lowest BCUT2D eigenvalue weighted by atomic mass is 10.1. The van der Waals surface area contributed by atoms with Crippen LogP contribution in [0.5, 0.6) is 5.88 Å². The molecule has 6 nitrogen and oxygen atoms in total. The maximum Gasteiger partial charge on any atom is 0.409 e. The van der Waals surface area contributed by atoms with Crippen molar-refractivity contribution in [2.24, 2.45) is 0 Å². The number of likely N-dealkylation sites (tertiary alicyclic amines) is 1. The summed E-state index contributed by atoms with van der Waals surface area (Å²) in [7, 11) is 1.62. The van der Waals surface area contributed by atoms with Gasteiger partial charge in [-0.3, -0.25) is 0 Å². The zero-order valence-electron chi connectivity index (χ0n) is 12.7. The SMILES string of the molecule is CCOC(=O)N1CCC(NCc2cccc(OC)n2)CC1. The molecule has 0 spiro atoms. The lowest BCUT2D eigenvalue weighted by Crippen LogP contribution is -2.45. The van der Waals surface area contributed by atoms with E-state index in [0.717, 1.165) is 31.6 Å². The van der Waals surface area contributed by atoms with Crippen LogP contribution in [0, 0.1) is 0 Å². The number of carbonyl (C=O) groups excluding carboxylic acids is 1. The van der Waals surface area contributed by atoms with E-state index in [2.05, 4.69) is 10.3 Å². The summed E-state index contributed by atoms with van der Waals surface area (Å²) in [5, 5.41) is 3.48. The molecule has 1 aliphatic rings. The fourth-order valence-corrected chi connectivity index (χ4v) is 2.40. The van der Waals surface area contributed by atoms with Crippen molar-refractivity contribution in [1.82, 2.24) is 15.2 Å². The largest absolute Gasteiger partial charge is 0.481 e. The third kappa shape index (κ3) is 4.60. The topological polar surface area (TPSA) is 63.7 Å². The van der Waals surface area contributed by atoms with Crippen LogP contribution in [0.4, 0.5) is 4.79 Å². The second-order valence-corrected chi connectivity index (χ2v) is 5.01. The number of amides is 1. The Kier molecular flexibility index (Phi) is 5.80. The van der Waals surface area contributed by atoms with Gasteiger partial charge >= 0.3 is 6.09 Å². The average molecular weight is 293 g/mol. The average Bonchev–Trinajstić information content (AvgIpc) is 2.54. The van der Waals surface area contributed by atoms with Crippen molar-refractivity contribution in [3.63, 3.8) is 0 Å². The third-order valence-corrected chi connectivity index (χ3v) is 3.58. The number of aromatic nitrogens is 1. The molecular formula is C15H23N3O3. The lowest BCUT2D eigenvalue weighted by molar-refractivity contribution is 0.0949. The van der Waals surface area contributed by atoms with Crippen LogP contribution in [0.3, 0.4) is 0 Å². The van der Waals surface area contributed by atoms with E-state index in [4.69, 9.17) is 9.47 Å². The van der Waals surface area contributed by atoms with Gasteiger partial charge in [-0.1, -0.05) is 6.07 Å². The standard InChI is InChI=1S/C15H23N3O3/c1-3-21-15(19)18-9-7-12(8-10-18)16-11-13-5-4-6-14(17-13)20-2/h4-6,12,16H,3,7-11H2,1-2H3. The molecule has 1 saturated heterocycles. The van der Waals surface area contributed by atoms with Gasteiger partial charge in [0.2, 0.25) is 5.88 Å². The highest BCUT2D eigenvalue weighted by atomic mass is 16.6. The van der Waals surface area contributed by atoms with Gasteiger partial charge in [-0.15, -0.1) is 0 Å². The predicted molar refractivity (Wildman–Crippen MR) is 79.2 cm³/mol. The highest BCUT2D eigenvalue weighted by molar-refractivity contribution is 5.67. The molecule has 1 aliphatic heterocycles. The van der Waals surface area contributed by atoms with Crippen molar-refractivity contribution in [3.05, 3.63) is 23.9 Å². The zero-order chi connectivity index (χ0) is 15.1. The lowest BCUT2D eigenvalue weighted by Gasteiger charge is -2.31. The van der Waals surface area contributed by atoms with Crippen LogP contribution in [-0.2, 0) is 11.3 Å². The normalized spacial score (nSPS) is 15.8. The number of ether oxygens (including phenoxy) is 2. The van der Waals surface area contributed by atoms with Crippen LogP contribution >= 0.6 is 0 Å². The number of nitrogens with one attached hydrogen (secondary N) is 1. The summed E-state index contributed by atoms with van der Waals surface area (Å²) < 4.78 is 10.1. The molecule has 1 fully saturated rings. The molecule has 0 bridgehead atoms. The molecule has 0 atom stereocenters. The Morgan fingerprint density at radius 1 is 1.43 bits per heavy atom. The van der Waals surface area contributed by atoms with Crippen molar-refractivity contribution >= 4 is 6.09 Å². The molecule has 0 radical (unpaired) electrons. The second-order valence-electron chi connectivity index (χ2n) is 5.01. The van der Waals surface area contributed by atoms with Crippen LogP contribution in [0.2, 0.25) is 0 Å². The van der Waals surface area contributed by atoms with Crippen molar-refractivity contribution < 1.29 is 14.3 Å². The van der Waals surface area contributed by atoms with Crippen molar-refractivity contribution in [1.29, 1.82) is 0 Å². The number of hydrogen-bond acceptors (Lipinski definition) is 5. The Balaban J connectivity index is 1.74. The van der Waals surface area contributed by atoms with E-state index in [9.17, 15) is 4.79 Å². The first-order chi connectivity index (χ1) is 10.2. The molecule has 2 heterocycles. The highest BCUT2D eigenvalue weighted by Crippen LogP contribution is 2.13. The summed E-state index contributed by atoms with van der Waals surface area (Å²) in [6, 6.07) is 6.15. The minimum atomic E-state index is -0.203. The highest BCUT2D eigenvalue weighted by Gasteiger charge is 2.23. The van der Waals surface area contributed by atoms with E-state index in [-0.39, 0.29) is 6.09 Å². The predicted octanol–water partition coefficient (Wildman–Crippen LogP) is 1.80. The van der Waals surface area contributed by atoms with E-state index in [1.807, 2.05) is 25.1 Å². The third-order valence-electron chi connectivity index (χ3n) is 3.58. The van der Waals surface area contributed by atoms with Crippen molar-refractivity contribution in [2.75, 3.05) is 26.8 Å². The van der Waals surface area contributed by atoms with Crippen LogP contribution in [0.15, 0.2) is 18.2 Å². The molecule has 6 heteroatoms. The fraction of sp³-hybridized carbons (Fsp3) is 0.600. The number of carbonyl (C=O) groups is 1. The molecule has 0 unspecified atom stereocenters. The molecule has 0 aromatic carbocycles. The maximum atomic E-state index is 11.6. The van der Waals surface area contributed by atoms with E-state index in [1.165, 1.54) is 0 Å². The molecule has 1 aromatic rings. The van der Waals surface area contributed by atoms with Gasteiger partial charge in [0.1, 0.15) is 0 Å². The number of pyridine rings is 1. The first-order valence-electron chi connectivity index (χ1n) is 7.38. The monoisotopic (exact) mass is 293 g/mol. The summed E-state index contributed by atoms with van der Waals surface area (Å²) in [5.41, 5.74) is 0.960. The van der Waals surface area contributed by atoms with E-state index >= 15 is 0 Å². The molecule has 116 valence electrons. The van der Waals surface area contributed by atoms with E-state index < -0.39 is 0 Å². The number of methoxy groups -OCH3 is 1. The van der Waals surface area contributed by atoms with Gasteiger partial charge in [0.25, 0.3) is 0 Å². The number of nitrogens with zero attached hydrogens (tertiary/aromatic N) is 2. The summed E-state index contributed by atoms with van der Waals surface area (Å²) >= 11 is 0. The molecule has 1 amide bonds. The first-order valence-corrected chi connectivity index (χ1v) is 7.38. The van der Waals surface area contributed by atoms with Gasteiger partial charge in [-0.2, -0.15) is 0 Å². The van der Waals surface area contributed by atoms with E-state index in [0.29, 0.717) is 25.1 Å². The van der Waals surface area contributed by atoms with Crippen LogP contribution in [0.25, 0.3) is 0 Å². The number of piperidine rings is 1. The molecule has 2 rings (SSSR count). The Bertz CT molecular complexity index is 459. The maximum absolute atomic E-state index is 11.6. The Hall–Kier alpha value is -1.82.